The minimum atomic E-state index is -0.730. The summed E-state index contributed by atoms with van der Waals surface area (Å²) in [6.45, 7) is 7.81. The Hall–Kier alpha value is -3.23. The molecule has 2 aromatic rings. The van der Waals surface area contributed by atoms with Crippen molar-refractivity contribution in [3.8, 4) is 6.07 Å². The Kier molecular flexibility index (Phi) is 7.88. The molecule has 2 aromatic carbocycles. The third-order valence-corrected chi connectivity index (χ3v) is 4.47. The number of hydrogen-bond acceptors (Lipinski definition) is 3. The zero-order chi connectivity index (χ0) is 21.4. The molecule has 1 amide bonds. The summed E-state index contributed by atoms with van der Waals surface area (Å²) in [5.74, 6) is -1.45. The number of allylic oxidation sites excluding steroid dienone is 3. The van der Waals surface area contributed by atoms with Gasteiger partial charge in [-0.15, -0.1) is 0 Å². The van der Waals surface area contributed by atoms with Gasteiger partial charge in [0.1, 0.15) is 11.9 Å². The molecule has 148 valence electrons. The molecule has 0 aliphatic rings. The molecule has 1 N–H and O–H groups in total. The summed E-state index contributed by atoms with van der Waals surface area (Å²) < 4.78 is 13.8. The van der Waals surface area contributed by atoms with Gasteiger partial charge in [0.15, 0.2) is 0 Å². The van der Waals surface area contributed by atoms with E-state index in [2.05, 4.69) is 17.0 Å². The smallest absolute Gasteiger partial charge is 0.251 e. The average Bonchev–Trinajstić information content (AvgIpc) is 2.70. The minimum absolute atomic E-state index is 0.108. The SMILES string of the molecule is C=N/C(=C\C=C(C)C)C(CNC(=O)c1ccc(C#N)c(F)c1)c1ccc(Cl)cc1. The van der Waals surface area contributed by atoms with E-state index in [1.165, 1.54) is 12.1 Å². The van der Waals surface area contributed by atoms with Crippen molar-refractivity contribution in [2.45, 2.75) is 19.8 Å². The van der Waals surface area contributed by atoms with Gasteiger partial charge in [-0.25, -0.2) is 4.39 Å². The monoisotopic (exact) mass is 409 g/mol. The molecule has 0 heterocycles. The first-order chi connectivity index (χ1) is 13.8. The number of nitriles is 1. The van der Waals surface area contributed by atoms with Gasteiger partial charge in [0.05, 0.1) is 5.56 Å². The lowest BCUT2D eigenvalue weighted by Crippen LogP contribution is -2.29. The molecule has 0 saturated heterocycles. The van der Waals surface area contributed by atoms with Crippen LogP contribution < -0.4 is 5.32 Å². The summed E-state index contributed by atoms with van der Waals surface area (Å²) in [4.78, 5) is 16.6. The van der Waals surface area contributed by atoms with E-state index in [9.17, 15) is 9.18 Å². The topological polar surface area (TPSA) is 65.2 Å². The molecular formula is C23H21ClFN3O. The van der Waals surface area contributed by atoms with Gasteiger partial charge < -0.3 is 5.32 Å². The van der Waals surface area contributed by atoms with Gasteiger partial charge in [0.25, 0.3) is 5.91 Å². The van der Waals surface area contributed by atoms with Crippen LogP contribution in [0.5, 0.6) is 0 Å². The third kappa shape index (κ3) is 6.13. The van der Waals surface area contributed by atoms with Crippen molar-refractivity contribution < 1.29 is 9.18 Å². The molecule has 29 heavy (non-hydrogen) atoms. The summed E-state index contributed by atoms with van der Waals surface area (Å²) in [5.41, 5.74) is 2.71. The Morgan fingerprint density at radius 1 is 1.28 bits per heavy atom. The summed E-state index contributed by atoms with van der Waals surface area (Å²) in [7, 11) is 0. The maximum Gasteiger partial charge on any atom is 0.251 e. The first-order valence-corrected chi connectivity index (χ1v) is 9.28. The van der Waals surface area contributed by atoms with Crippen LogP contribution in [-0.2, 0) is 0 Å². The zero-order valence-electron chi connectivity index (χ0n) is 16.2. The molecule has 1 unspecified atom stereocenters. The number of benzene rings is 2. The van der Waals surface area contributed by atoms with Crippen molar-refractivity contribution in [1.29, 1.82) is 5.26 Å². The Morgan fingerprint density at radius 2 is 1.97 bits per heavy atom. The van der Waals surface area contributed by atoms with Gasteiger partial charge in [-0.2, -0.15) is 5.26 Å². The second-order valence-electron chi connectivity index (χ2n) is 6.61. The van der Waals surface area contributed by atoms with Crippen LogP contribution in [0.4, 0.5) is 4.39 Å². The van der Waals surface area contributed by atoms with Crippen LogP contribution in [0.2, 0.25) is 5.02 Å². The van der Waals surface area contributed by atoms with Crippen molar-refractivity contribution >= 4 is 24.2 Å². The van der Waals surface area contributed by atoms with Gasteiger partial charge in [-0.3, -0.25) is 9.79 Å². The fourth-order valence-corrected chi connectivity index (χ4v) is 2.79. The average molecular weight is 410 g/mol. The Bertz CT molecular complexity index is 1000. The highest BCUT2D eigenvalue weighted by atomic mass is 35.5. The fourth-order valence-electron chi connectivity index (χ4n) is 2.66. The molecule has 0 radical (unpaired) electrons. The Morgan fingerprint density at radius 3 is 2.52 bits per heavy atom. The molecule has 0 fully saturated rings. The first-order valence-electron chi connectivity index (χ1n) is 8.90. The van der Waals surface area contributed by atoms with Crippen molar-refractivity contribution in [3.05, 3.63) is 93.4 Å². The van der Waals surface area contributed by atoms with E-state index in [0.717, 1.165) is 17.2 Å². The second-order valence-corrected chi connectivity index (χ2v) is 7.05. The number of halogens is 2. The first kappa shape index (κ1) is 22.1. The van der Waals surface area contributed by atoms with Gasteiger partial charge in [0.2, 0.25) is 0 Å². The molecule has 0 spiro atoms. The lowest BCUT2D eigenvalue weighted by Gasteiger charge is -2.19. The maximum atomic E-state index is 13.8. The highest BCUT2D eigenvalue weighted by Gasteiger charge is 2.18. The summed E-state index contributed by atoms with van der Waals surface area (Å²) in [6, 6.07) is 12.7. The van der Waals surface area contributed by atoms with E-state index in [0.29, 0.717) is 10.7 Å². The third-order valence-electron chi connectivity index (χ3n) is 4.22. The number of nitrogens with zero attached hydrogens (tertiary/aromatic N) is 2. The van der Waals surface area contributed by atoms with Crippen molar-refractivity contribution in [2.24, 2.45) is 4.99 Å². The number of carbonyl (C=O) groups excluding carboxylic acids is 1. The van der Waals surface area contributed by atoms with Crippen molar-refractivity contribution in [1.82, 2.24) is 5.32 Å². The normalized spacial score (nSPS) is 11.9. The zero-order valence-corrected chi connectivity index (χ0v) is 17.0. The molecular weight excluding hydrogens is 389 g/mol. The van der Waals surface area contributed by atoms with Crippen molar-refractivity contribution in [3.63, 3.8) is 0 Å². The number of nitrogens with one attached hydrogen (secondary N) is 1. The van der Waals surface area contributed by atoms with Crippen LogP contribution in [0.1, 0.15) is 41.3 Å². The Labute approximate surface area is 175 Å². The number of carbonyl (C=O) groups is 1. The standard InChI is InChI=1S/C23H21ClFN3O/c1-15(2)4-11-22(27-3)20(16-7-9-19(24)10-8-16)14-28-23(29)17-5-6-18(13-26)21(25)12-17/h4-12,20H,3,14H2,1-2H3,(H,28,29)/b22-11-. The van der Waals surface area contributed by atoms with Crippen LogP contribution in [-0.4, -0.2) is 19.2 Å². The number of rotatable bonds is 7. The van der Waals surface area contributed by atoms with E-state index >= 15 is 0 Å². The maximum absolute atomic E-state index is 13.8. The Balaban J connectivity index is 2.29. The van der Waals surface area contributed by atoms with Gasteiger partial charge in [-0.05, 0) is 62.5 Å². The van der Waals surface area contributed by atoms with Gasteiger partial charge >= 0.3 is 0 Å². The molecule has 6 heteroatoms. The number of amides is 1. The van der Waals surface area contributed by atoms with E-state index in [1.807, 2.05) is 38.1 Å². The lowest BCUT2D eigenvalue weighted by molar-refractivity contribution is 0.0952. The number of hydrogen-bond donors (Lipinski definition) is 1. The summed E-state index contributed by atoms with van der Waals surface area (Å²) in [5, 5.41) is 12.2. The van der Waals surface area contributed by atoms with Gasteiger partial charge in [-0.1, -0.05) is 35.4 Å². The quantitative estimate of drug-likeness (QED) is 0.490. The molecule has 0 saturated carbocycles. The summed E-state index contributed by atoms with van der Waals surface area (Å²) in [6.07, 6.45) is 3.78. The molecule has 2 rings (SSSR count). The highest BCUT2D eigenvalue weighted by molar-refractivity contribution is 6.30. The minimum Gasteiger partial charge on any atom is -0.351 e. The predicted molar refractivity (Wildman–Crippen MR) is 115 cm³/mol. The lowest BCUT2D eigenvalue weighted by atomic mass is 9.94. The highest BCUT2D eigenvalue weighted by Crippen LogP contribution is 2.26. The van der Waals surface area contributed by atoms with Crippen molar-refractivity contribution in [2.75, 3.05) is 6.54 Å². The second kappa shape index (κ2) is 10.4. The molecule has 1 atom stereocenters. The largest absolute Gasteiger partial charge is 0.351 e. The van der Waals surface area contributed by atoms with Crippen LogP contribution >= 0.6 is 11.6 Å². The van der Waals surface area contributed by atoms with Crippen LogP contribution in [0.15, 0.2) is 70.9 Å². The molecule has 0 aromatic heterocycles. The molecule has 0 aliphatic carbocycles. The van der Waals surface area contributed by atoms with E-state index in [4.69, 9.17) is 16.9 Å². The fraction of sp³-hybridized carbons (Fsp3) is 0.174. The van der Waals surface area contributed by atoms with Crippen LogP contribution in [0.3, 0.4) is 0 Å². The summed E-state index contributed by atoms with van der Waals surface area (Å²) >= 11 is 5.99. The number of aliphatic imine (C=N–C) groups is 1. The van der Waals surface area contributed by atoms with Crippen LogP contribution in [0, 0.1) is 17.1 Å². The van der Waals surface area contributed by atoms with E-state index in [-0.39, 0.29) is 23.6 Å². The molecule has 4 nitrogen and oxygen atoms in total. The van der Waals surface area contributed by atoms with E-state index in [1.54, 1.807) is 18.2 Å². The molecule has 0 aliphatic heterocycles. The van der Waals surface area contributed by atoms with E-state index < -0.39 is 11.7 Å². The van der Waals surface area contributed by atoms with Crippen LogP contribution in [0.25, 0.3) is 0 Å². The molecule has 0 bridgehead atoms. The van der Waals surface area contributed by atoms with Gasteiger partial charge in [0, 0.05) is 28.7 Å². The predicted octanol–water partition coefficient (Wildman–Crippen LogP) is 5.42.